The number of benzene rings is 3. The number of phenolic OH excluding ortho intramolecular Hbond substituents is 3. The Bertz CT molecular complexity index is 1570. The number of esters is 1. The first kappa shape index (κ1) is 26.8. The third-order valence-electron chi connectivity index (χ3n) is 7.60. The van der Waals surface area contributed by atoms with Gasteiger partial charge in [-0.1, -0.05) is 12.1 Å². The molecular weight excluding hydrogens is 540 g/mol. The minimum absolute atomic E-state index is 0.00312. The van der Waals surface area contributed by atoms with Crippen molar-refractivity contribution >= 4 is 11.8 Å². The molecule has 9 bridgehead atoms. The number of phenols is 3. The Labute approximate surface area is 232 Å². The van der Waals surface area contributed by atoms with Gasteiger partial charge in [-0.3, -0.25) is 4.79 Å². The first-order chi connectivity index (χ1) is 19.5. The minimum atomic E-state index is -1.76. The summed E-state index contributed by atoms with van der Waals surface area (Å²) in [5, 5.41) is 63.4. The zero-order valence-electron chi connectivity index (χ0n) is 21.6. The lowest BCUT2D eigenvalue weighted by Crippen LogP contribution is -2.60. The van der Waals surface area contributed by atoms with Gasteiger partial charge in [0.1, 0.15) is 77.0 Å². The van der Waals surface area contributed by atoms with Crippen LogP contribution in [0.1, 0.15) is 44.4 Å². The first-order valence-electron chi connectivity index (χ1n) is 12.8. The molecule has 41 heavy (non-hydrogen) atoms. The average molecular weight is 567 g/mol. The predicted molar refractivity (Wildman–Crippen MR) is 138 cm³/mol. The lowest BCUT2D eigenvalue weighted by Gasteiger charge is -2.40. The maximum Gasteiger partial charge on any atom is 0.342 e. The van der Waals surface area contributed by atoms with Crippen LogP contribution in [0.3, 0.4) is 0 Å². The van der Waals surface area contributed by atoms with Crippen LogP contribution in [0.15, 0.2) is 42.5 Å². The summed E-state index contributed by atoms with van der Waals surface area (Å²) in [5.74, 6) is -2.37. The van der Waals surface area contributed by atoms with Gasteiger partial charge in [0.15, 0.2) is 5.78 Å². The molecule has 1 saturated heterocycles. The summed E-state index contributed by atoms with van der Waals surface area (Å²) < 4.78 is 22.8. The maximum atomic E-state index is 13.2. The highest BCUT2D eigenvalue weighted by Gasteiger charge is 2.46. The molecule has 1 fully saturated rings. The van der Waals surface area contributed by atoms with Crippen molar-refractivity contribution in [3.05, 3.63) is 64.7 Å². The molecule has 3 aromatic rings. The van der Waals surface area contributed by atoms with Crippen molar-refractivity contribution in [2.45, 2.75) is 50.2 Å². The SMILES string of the molecule is Cc1c2cc3c(c1O)C(=O)C[C@@H](O3)c1ccc(O)c(c1)-c1ccc(O)c(c1)C(=O)OCC1OC(O2)C(O)C(O)C1O. The number of hydrogen-bond acceptors (Lipinski definition) is 12. The van der Waals surface area contributed by atoms with Gasteiger partial charge in [-0.2, -0.15) is 0 Å². The zero-order chi connectivity index (χ0) is 29.2. The van der Waals surface area contributed by atoms with E-state index in [1.807, 2.05) is 0 Å². The Morgan fingerprint density at radius 1 is 0.805 bits per heavy atom. The molecule has 5 unspecified atom stereocenters. The summed E-state index contributed by atoms with van der Waals surface area (Å²) >= 11 is 0. The van der Waals surface area contributed by atoms with Gasteiger partial charge >= 0.3 is 5.97 Å². The predicted octanol–water partition coefficient (Wildman–Crippen LogP) is 1.84. The normalized spacial score (nSPS) is 27.2. The van der Waals surface area contributed by atoms with E-state index in [0.29, 0.717) is 11.1 Å². The molecule has 6 atom stereocenters. The van der Waals surface area contributed by atoms with Gasteiger partial charge in [-0.15, -0.1) is 0 Å². The largest absolute Gasteiger partial charge is 0.507 e. The summed E-state index contributed by atoms with van der Waals surface area (Å²) in [6, 6.07) is 9.94. The second-order valence-corrected chi connectivity index (χ2v) is 10.2. The van der Waals surface area contributed by atoms with Gasteiger partial charge in [-0.05, 0) is 42.3 Å². The molecule has 3 heterocycles. The van der Waals surface area contributed by atoms with Crippen LogP contribution >= 0.6 is 0 Å². The lowest BCUT2D eigenvalue weighted by atomic mass is 9.92. The number of carbonyl (C=O) groups is 2. The van der Waals surface area contributed by atoms with E-state index in [0.717, 1.165) is 0 Å². The molecule has 12 heteroatoms. The Balaban J connectivity index is 1.51. The molecule has 0 amide bonds. The van der Waals surface area contributed by atoms with Gasteiger partial charge in [-0.25, -0.2) is 4.79 Å². The number of aliphatic hydroxyl groups is 3. The van der Waals surface area contributed by atoms with Crippen LogP contribution in [0.5, 0.6) is 28.7 Å². The van der Waals surface area contributed by atoms with E-state index in [9.17, 15) is 40.2 Å². The quantitative estimate of drug-likeness (QED) is 0.217. The van der Waals surface area contributed by atoms with Crippen molar-refractivity contribution < 1.29 is 59.2 Å². The fraction of sp³-hybridized carbons (Fsp3) is 0.310. The van der Waals surface area contributed by atoms with E-state index < -0.39 is 66.7 Å². The third-order valence-corrected chi connectivity index (χ3v) is 7.60. The van der Waals surface area contributed by atoms with Crippen molar-refractivity contribution in [3.63, 3.8) is 0 Å². The zero-order valence-corrected chi connectivity index (χ0v) is 21.6. The van der Waals surface area contributed by atoms with Crippen molar-refractivity contribution in [2.24, 2.45) is 0 Å². The van der Waals surface area contributed by atoms with E-state index in [-0.39, 0.29) is 45.9 Å². The van der Waals surface area contributed by atoms with Crippen molar-refractivity contribution in [3.8, 4) is 39.9 Å². The molecule has 12 nitrogen and oxygen atoms in total. The Morgan fingerprint density at radius 2 is 1.54 bits per heavy atom. The summed E-state index contributed by atoms with van der Waals surface area (Å²) in [6.07, 6.45) is -9.09. The molecule has 3 aromatic carbocycles. The van der Waals surface area contributed by atoms with Gasteiger partial charge in [0.2, 0.25) is 6.29 Å². The van der Waals surface area contributed by atoms with Crippen molar-refractivity contribution in [1.29, 1.82) is 0 Å². The summed E-state index contributed by atoms with van der Waals surface area (Å²) in [4.78, 5) is 26.1. The van der Waals surface area contributed by atoms with Crippen LogP contribution < -0.4 is 9.47 Å². The van der Waals surface area contributed by atoms with E-state index >= 15 is 0 Å². The van der Waals surface area contributed by atoms with Crippen LogP contribution in [0.2, 0.25) is 0 Å². The topological polar surface area (TPSA) is 192 Å². The summed E-state index contributed by atoms with van der Waals surface area (Å²) in [7, 11) is 0. The molecule has 0 radical (unpaired) electrons. The molecule has 0 aromatic heterocycles. The average Bonchev–Trinajstić information content (AvgIpc) is 2.95. The highest BCUT2D eigenvalue weighted by molar-refractivity contribution is 6.03. The fourth-order valence-electron chi connectivity index (χ4n) is 5.22. The number of ether oxygens (including phenoxy) is 4. The smallest absolute Gasteiger partial charge is 0.342 e. The minimum Gasteiger partial charge on any atom is -0.507 e. The molecule has 6 N–H and O–H groups in total. The van der Waals surface area contributed by atoms with E-state index in [2.05, 4.69) is 0 Å². The Kier molecular flexibility index (Phi) is 6.50. The second-order valence-electron chi connectivity index (χ2n) is 10.2. The number of aliphatic hydroxyl groups excluding tert-OH is 3. The highest BCUT2D eigenvalue weighted by Crippen LogP contribution is 2.46. The molecule has 214 valence electrons. The Hall–Kier alpha value is -4.36. The van der Waals surface area contributed by atoms with Crippen LogP contribution in [0, 0.1) is 6.92 Å². The van der Waals surface area contributed by atoms with Crippen LogP contribution in [-0.2, 0) is 9.47 Å². The molecule has 0 spiro atoms. The van der Waals surface area contributed by atoms with Gasteiger partial charge in [0.05, 0.1) is 6.42 Å². The first-order valence-corrected chi connectivity index (χ1v) is 12.8. The molecule has 0 aliphatic carbocycles. The van der Waals surface area contributed by atoms with Gasteiger partial charge in [0, 0.05) is 17.2 Å². The standard InChI is InChI=1S/C29H26O12/c1-11-19-9-21-23(24(11)33)18(32)8-20(39-21)13-3-5-16(30)14(7-13)12-2-4-17(31)15(6-12)28(37)38-10-22-25(34)26(35)27(36)29(40-19)41-22/h2-7,9,20,22,25-27,29-31,33-36H,8,10H2,1H3/t20-,22?,25?,26?,27?,29?/m1/s1. The lowest BCUT2D eigenvalue weighted by molar-refractivity contribution is -0.277. The second kappa shape index (κ2) is 9.93. The summed E-state index contributed by atoms with van der Waals surface area (Å²) in [6.45, 7) is 0.879. The Morgan fingerprint density at radius 3 is 2.32 bits per heavy atom. The van der Waals surface area contributed by atoms with Crippen molar-refractivity contribution in [2.75, 3.05) is 6.61 Å². The molecule has 6 rings (SSSR count). The maximum absolute atomic E-state index is 13.2. The third kappa shape index (κ3) is 4.50. The molecular formula is C29H26O12. The summed E-state index contributed by atoms with van der Waals surface area (Å²) in [5.41, 5.74) is 0.961. The molecule has 3 aliphatic rings. The molecule has 0 saturated carbocycles. The van der Waals surface area contributed by atoms with E-state index in [4.69, 9.17) is 18.9 Å². The van der Waals surface area contributed by atoms with E-state index in [1.54, 1.807) is 12.1 Å². The van der Waals surface area contributed by atoms with Gasteiger partial charge in [0.25, 0.3) is 0 Å². The van der Waals surface area contributed by atoms with Gasteiger partial charge < -0.3 is 49.6 Å². The van der Waals surface area contributed by atoms with E-state index in [1.165, 1.54) is 37.3 Å². The number of hydrogen-bond donors (Lipinski definition) is 6. The van der Waals surface area contributed by atoms with Crippen LogP contribution in [0.4, 0.5) is 0 Å². The monoisotopic (exact) mass is 566 g/mol. The number of rotatable bonds is 0. The van der Waals surface area contributed by atoms with Crippen LogP contribution in [0.25, 0.3) is 11.1 Å². The number of carbonyl (C=O) groups excluding carboxylic acids is 2. The fourth-order valence-corrected chi connectivity index (χ4v) is 5.22. The van der Waals surface area contributed by atoms with Crippen molar-refractivity contribution in [1.82, 2.24) is 0 Å². The number of aromatic hydroxyl groups is 3. The number of Topliss-reactive ketones (excluding diaryl/α,β-unsaturated/α-hetero) is 1. The number of ketones is 1. The van der Waals surface area contributed by atoms with Crippen LogP contribution in [-0.4, -0.2) is 79.7 Å². The number of fused-ring (bicyclic) bond motifs is 10. The highest BCUT2D eigenvalue weighted by atomic mass is 16.7. The molecule has 3 aliphatic heterocycles. The number of cyclic esters (lactones) is 1.